The van der Waals surface area contributed by atoms with Gasteiger partial charge in [-0.05, 0) is 16.8 Å². The number of Topliss-reactive ketones (excluding diaryl/α,β-unsaturated/α-hetero) is 1. The van der Waals surface area contributed by atoms with E-state index in [-0.39, 0.29) is 18.2 Å². The molecular formula is C21H17NO3. The van der Waals surface area contributed by atoms with Gasteiger partial charge in [0.05, 0.1) is 6.54 Å². The van der Waals surface area contributed by atoms with Crippen molar-refractivity contribution in [3.05, 3.63) is 77.9 Å². The molecule has 25 heavy (non-hydrogen) atoms. The lowest BCUT2D eigenvalue weighted by Gasteiger charge is -2.10. The van der Waals surface area contributed by atoms with Crippen LogP contribution >= 0.6 is 0 Å². The van der Waals surface area contributed by atoms with Crippen molar-refractivity contribution in [1.29, 1.82) is 0 Å². The van der Waals surface area contributed by atoms with Crippen LogP contribution in [-0.2, 0) is 11.2 Å². The molecule has 0 bridgehead atoms. The average Bonchev–Trinajstić information content (AvgIpc) is 3.11. The van der Waals surface area contributed by atoms with Crippen molar-refractivity contribution in [2.45, 2.75) is 12.5 Å². The molecule has 0 spiro atoms. The highest BCUT2D eigenvalue weighted by Gasteiger charge is 2.30. The van der Waals surface area contributed by atoms with Crippen LogP contribution in [0.4, 0.5) is 0 Å². The molecule has 1 N–H and O–H groups in total. The quantitative estimate of drug-likeness (QED) is 0.747. The molecule has 0 fully saturated rings. The summed E-state index contributed by atoms with van der Waals surface area (Å²) in [6, 6.07) is 20.9. The topological polar surface area (TPSA) is 55.4 Å². The summed E-state index contributed by atoms with van der Waals surface area (Å²) in [7, 11) is 0. The van der Waals surface area contributed by atoms with Gasteiger partial charge in [0.2, 0.25) is 0 Å². The summed E-state index contributed by atoms with van der Waals surface area (Å²) >= 11 is 0. The lowest BCUT2D eigenvalue weighted by molar-refractivity contribution is -0.127. The number of amides is 1. The number of benzene rings is 3. The van der Waals surface area contributed by atoms with Crippen LogP contribution in [0.1, 0.15) is 15.9 Å². The Hall–Kier alpha value is -3.14. The molecule has 1 unspecified atom stereocenters. The number of fused-ring (bicyclic) bond motifs is 3. The first-order valence-corrected chi connectivity index (χ1v) is 8.25. The molecule has 4 rings (SSSR count). The number of ether oxygens (including phenoxy) is 1. The Kier molecular flexibility index (Phi) is 3.94. The zero-order chi connectivity index (χ0) is 17.2. The van der Waals surface area contributed by atoms with E-state index in [1.807, 2.05) is 42.5 Å². The van der Waals surface area contributed by atoms with Crippen molar-refractivity contribution >= 4 is 22.5 Å². The second-order valence-corrected chi connectivity index (χ2v) is 6.08. The average molecular weight is 331 g/mol. The molecule has 0 saturated heterocycles. The maximum Gasteiger partial charge on any atom is 0.261 e. The Morgan fingerprint density at radius 2 is 1.72 bits per heavy atom. The summed E-state index contributed by atoms with van der Waals surface area (Å²) in [5.41, 5.74) is 1.64. The van der Waals surface area contributed by atoms with E-state index in [2.05, 4.69) is 5.32 Å². The van der Waals surface area contributed by atoms with Crippen LogP contribution in [0.15, 0.2) is 66.7 Å². The fraction of sp³-hybridized carbons (Fsp3) is 0.143. The van der Waals surface area contributed by atoms with Gasteiger partial charge >= 0.3 is 0 Å². The molecule has 1 aliphatic rings. The Balaban J connectivity index is 1.44. The van der Waals surface area contributed by atoms with E-state index >= 15 is 0 Å². The first kappa shape index (κ1) is 15.4. The third-order valence-electron chi connectivity index (χ3n) is 4.47. The maximum atomic E-state index is 12.4. The fourth-order valence-corrected chi connectivity index (χ4v) is 3.17. The van der Waals surface area contributed by atoms with E-state index in [4.69, 9.17) is 4.74 Å². The molecule has 1 aliphatic heterocycles. The van der Waals surface area contributed by atoms with Crippen LogP contribution in [-0.4, -0.2) is 24.3 Å². The van der Waals surface area contributed by atoms with E-state index in [0.717, 1.165) is 22.1 Å². The zero-order valence-electron chi connectivity index (χ0n) is 13.6. The van der Waals surface area contributed by atoms with Gasteiger partial charge in [-0.2, -0.15) is 0 Å². The van der Waals surface area contributed by atoms with Crippen molar-refractivity contribution in [2.24, 2.45) is 0 Å². The summed E-state index contributed by atoms with van der Waals surface area (Å²) in [6.45, 7) is -0.0280. The summed E-state index contributed by atoms with van der Waals surface area (Å²) < 4.78 is 5.79. The Bertz CT molecular complexity index is 950. The Morgan fingerprint density at radius 1 is 0.960 bits per heavy atom. The number of hydrogen-bond acceptors (Lipinski definition) is 3. The number of carbonyl (C=O) groups excluding carboxylic acids is 2. The van der Waals surface area contributed by atoms with Crippen LogP contribution < -0.4 is 10.1 Å². The van der Waals surface area contributed by atoms with Crippen LogP contribution in [0.5, 0.6) is 5.75 Å². The predicted octanol–water partition coefficient (Wildman–Crippen LogP) is 3.14. The highest BCUT2D eigenvalue weighted by molar-refractivity contribution is 6.00. The standard InChI is InChI=1S/C21H17NO3/c23-18(15-7-2-1-3-8-15)13-22-21(24)20-12-17-16-9-5-4-6-14(16)10-11-19(17)25-20/h1-11,20H,12-13H2,(H,22,24). The van der Waals surface area contributed by atoms with E-state index in [1.54, 1.807) is 24.3 Å². The van der Waals surface area contributed by atoms with Crippen LogP contribution in [0.3, 0.4) is 0 Å². The Morgan fingerprint density at radius 3 is 2.56 bits per heavy atom. The van der Waals surface area contributed by atoms with Crippen molar-refractivity contribution in [3.8, 4) is 5.75 Å². The third-order valence-corrected chi connectivity index (χ3v) is 4.47. The lowest BCUT2D eigenvalue weighted by Crippen LogP contribution is -2.40. The van der Waals surface area contributed by atoms with E-state index < -0.39 is 6.10 Å². The second kappa shape index (κ2) is 6.40. The fourth-order valence-electron chi connectivity index (χ4n) is 3.17. The van der Waals surface area contributed by atoms with Gasteiger partial charge in [0, 0.05) is 17.5 Å². The second-order valence-electron chi connectivity index (χ2n) is 6.08. The van der Waals surface area contributed by atoms with E-state index in [1.165, 1.54) is 0 Å². The first-order chi connectivity index (χ1) is 12.2. The van der Waals surface area contributed by atoms with Gasteiger partial charge < -0.3 is 10.1 Å². The highest BCUT2D eigenvalue weighted by atomic mass is 16.5. The number of ketones is 1. The maximum absolute atomic E-state index is 12.4. The minimum absolute atomic E-state index is 0.0280. The summed E-state index contributed by atoms with van der Waals surface area (Å²) in [5.74, 6) is 0.368. The van der Waals surface area contributed by atoms with Gasteiger partial charge in [-0.25, -0.2) is 0 Å². The van der Waals surface area contributed by atoms with Crippen molar-refractivity contribution in [2.75, 3.05) is 6.54 Å². The van der Waals surface area contributed by atoms with Crippen molar-refractivity contribution < 1.29 is 14.3 Å². The predicted molar refractivity (Wildman–Crippen MR) is 95.9 cm³/mol. The van der Waals surface area contributed by atoms with Crippen LogP contribution in [0, 0.1) is 0 Å². The van der Waals surface area contributed by atoms with Gasteiger partial charge in [-0.1, -0.05) is 60.7 Å². The van der Waals surface area contributed by atoms with Gasteiger partial charge in [0.1, 0.15) is 5.75 Å². The molecule has 3 aromatic rings. The minimum Gasteiger partial charge on any atom is -0.480 e. The molecule has 1 heterocycles. The highest BCUT2D eigenvalue weighted by Crippen LogP contribution is 2.34. The number of carbonyl (C=O) groups is 2. The number of hydrogen-bond donors (Lipinski definition) is 1. The molecule has 1 atom stereocenters. The molecule has 3 aromatic carbocycles. The first-order valence-electron chi connectivity index (χ1n) is 8.25. The number of rotatable bonds is 4. The normalized spacial score (nSPS) is 15.4. The number of nitrogens with one attached hydrogen (secondary N) is 1. The summed E-state index contributed by atoms with van der Waals surface area (Å²) in [5, 5.41) is 4.93. The van der Waals surface area contributed by atoms with Gasteiger partial charge in [-0.3, -0.25) is 9.59 Å². The van der Waals surface area contributed by atoms with Gasteiger partial charge in [0.25, 0.3) is 5.91 Å². The van der Waals surface area contributed by atoms with Crippen molar-refractivity contribution in [1.82, 2.24) is 5.32 Å². The molecule has 124 valence electrons. The monoisotopic (exact) mass is 331 g/mol. The van der Waals surface area contributed by atoms with E-state index in [9.17, 15) is 9.59 Å². The zero-order valence-corrected chi connectivity index (χ0v) is 13.6. The van der Waals surface area contributed by atoms with Gasteiger partial charge in [-0.15, -0.1) is 0 Å². The molecule has 0 aromatic heterocycles. The van der Waals surface area contributed by atoms with E-state index in [0.29, 0.717) is 12.0 Å². The molecule has 0 aliphatic carbocycles. The molecule has 4 nitrogen and oxygen atoms in total. The lowest BCUT2D eigenvalue weighted by atomic mass is 10.0. The minimum atomic E-state index is -0.593. The molecule has 1 amide bonds. The SMILES string of the molecule is O=C(CNC(=O)C1Cc2c(ccc3ccccc23)O1)c1ccccc1. The summed E-state index contributed by atoms with van der Waals surface area (Å²) in [4.78, 5) is 24.5. The van der Waals surface area contributed by atoms with Crippen LogP contribution in [0.2, 0.25) is 0 Å². The molecule has 4 heteroatoms. The molecule has 0 saturated carbocycles. The Labute approximate surface area is 145 Å². The third kappa shape index (κ3) is 2.98. The van der Waals surface area contributed by atoms with Crippen LogP contribution in [0.25, 0.3) is 10.8 Å². The summed E-state index contributed by atoms with van der Waals surface area (Å²) in [6.07, 6.45) is -0.0772. The largest absolute Gasteiger partial charge is 0.480 e. The van der Waals surface area contributed by atoms with Crippen molar-refractivity contribution in [3.63, 3.8) is 0 Å². The smallest absolute Gasteiger partial charge is 0.261 e. The molecule has 0 radical (unpaired) electrons. The van der Waals surface area contributed by atoms with Gasteiger partial charge in [0.15, 0.2) is 11.9 Å². The molecular weight excluding hydrogens is 314 g/mol.